The Hall–Kier alpha value is -1.57. The summed E-state index contributed by atoms with van der Waals surface area (Å²) in [5.74, 6) is -1.09. The van der Waals surface area contributed by atoms with Gasteiger partial charge >= 0.3 is 20.1 Å². The van der Waals surface area contributed by atoms with E-state index in [0.29, 0.717) is 0 Å². The van der Waals surface area contributed by atoms with Gasteiger partial charge in [-0.2, -0.15) is 13.9 Å². The van der Waals surface area contributed by atoms with Gasteiger partial charge in [0.15, 0.2) is 6.10 Å². The van der Waals surface area contributed by atoms with Gasteiger partial charge in [0.2, 0.25) is 0 Å². The lowest BCUT2D eigenvalue weighted by Crippen LogP contribution is -2.21. The van der Waals surface area contributed by atoms with E-state index in [4.69, 9.17) is 23.0 Å². The van der Waals surface area contributed by atoms with Crippen LogP contribution in [0.25, 0.3) is 0 Å². The monoisotopic (exact) mass is 345 g/mol. The largest absolute Gasteiger partial charge is 0.573 e. The van der Waals surface area contributed by atoms with Gasteiger partial charge in [-0.1, -0.05) is 12.1 Å². The van der Waals surface area contributed by atoms with E-state index in [-0.39, 0.29) is 31.1 Å². The van der Waals surface area contributed by atoms with Crippen molar-refractivity contribution in [2.45, 2.75) is 20.0 Å². The molecule has 0 saturated carbocycles. The number of carbonyl (C=O) groups excluding carboxylic acids is 2. The van der Waals surface area contributed by atoms with Crippen molar-refractivity contribution >= 4 is 20.1 Å². The Balaban J connectivity index is 1.92. The van der Waals surface area contributed by atoms with Gasteiger partial charge in [0.05, 0.1) is 6.61 Å². The van der Waals surface area contributed by atoms with Crippen molar-refractivity contribution in [3.05, 3.63) is 29.8 Å². The molecule has 2 rings (SSSR count). The highest BCUT2D eigenvalue weighted by molar-refractivity contribution is 7.55. The van der Waals surface area contributed by atoms with E-state index in [1.807, 2.05) is 0 Å². The third-order valence-corrected chi connectivity index (χ3v) is 4.38. The Kier molecular flexibility index (Phi) is 6.04. The molecular weight excluding hydrogens is 327 g/mol. The minimum Gasteiger partial charge on any atom is -0.459 e. The SMILES string of the molecule is CCO[P+]1(O)OCC(COC(=O)c2ccccc2OC(C)=O)O1. The summed E-state index contributed by atoms with van der Waals surface area (Å²) in [5, 5.41) is 0. The topological polar surface area (TPSA) is 101 Å². The number of hydrogen-bond acceptors (Lipinski definition) is 8. The van der Waals surface area contributed by atoms with Crippen molar-refractivity contribution in [2.24, 2.45) is 0 Å². The molecule has 0 radical (unpaired) electrons. The molecule has 9 heteroatoms. The average molecular weight is 345 g/mol. The normalized spacial score (nSPS) is 23.5. The first-order valence-electron chi connectivity index (χ1n) is 6.97. The zero-order chi connectivity index (χ0) is 16.9. The molecule has 1 aliphatic rings. The second-order valence-electron chi connectivity index (χ2n) is 4.60. The molecule has 23 heavy (non-hydrogen) atoms. The van der Waals surface area contributed by atoms with Gasteiger partial charge in [0.25, 0.3) is 0 Å². The molecule has 0 aliphatic carbocycles. The first-order chi connectivity index (χ1) is 10.9. The molecule has 1 aromatic carbocycles. The molecule has 1 aromatic rings. The minimum absolute atomic E-state index is 0.0587. The van der Waals surface area contributed by atoms with Gasteiger partial charge in [0.1, 0.15) is 24.5 Å². The summed E-state index contributed by atoms with van der Waals surface area (Å²) in [6.07, 6.45) is -0.621. The molecule has 2 unspecified atom stereocenters. The van der Waals surface area contributed by atoms with Crippen molar-refractivity contribution < 1.29 is 37.5 Å². The molecule has 1 fully saturated rings. The molecule has 1 saturated heterocycles. The van der Waals surface area contributed by atoms with Crippen LogP contribution in [-0.2, 0) is 23.1 Å². The first-order valence-corrected chi connectivity index (χ1v) is 8.47. The maximum atomic E-state index is 12.1. The highest BCUT2D eigenvalue weighted by atomic mass is 31.2. The van der Waals surface area contributed by atoms with Crippen LogP contribution in [0.2, 0.25) is 0 Å². The van der Waals surface area contributed by atoms with Crippen LogP contribution in [-0.4, -0.2) is 42.8 Å². The Bertz CT molecular complexity index is 578. The van der Waals surface area contributed by atoms with Gasteiger partial charge in [0, 0.05) is 6.92 Å². The molecule has 1 aliphatic heterocycles. The summed E-state index contributed by atoms with van der Waals surface area (Å²) in [6.45, 7) is 3.12. The molecule has 0 spiro atoms. The van der Waals surface area contributed by atoms with Crippen LogP contribution >= 0.6 is 8.17 Å². The van der Waals surface area contributed by atoms with E-state index in [1.54, 1.807) is 19.1 Å². The Morgan fingerprint density at radius 3 is 2.83 bits per heavy atom. The third-order valence-electron chi connectivity index (χ3n) is 2.76. The van der Waals surface area contributed by atoms with E-state index < -0.39 is 26.2 Å². The molecule has 0 aromatic heterocycles. The predicted molar refractivity (Wildman–Crippen MR) is 79.6 cm³/mol. The minimum atomic E-state index is -3.30. The Morgan fingerprint density at radius 2 is 2.13 bits per heavy atom. The van der Waals surface area contributed by atoms with E-state index in [9.17, 15) is 14.5 Å². The summed E-state index contributed by atoms with van der Waals surface area (Å²) in [6, 6.07) is 6.23. The highest BCUT2D eigenvalue weighted by Crippen LogP contribution is 2.62. The summed E-state index contributed by atoms with van der Waals surface area (Å²) in [7, 11) is -3.30. The quantitative estimate of drug-likeness (QED) is 0.474. The first kappa shape index (κ1) is 17.8. The lowest BCUT2D eigenvalue weighted by Gasteiger charge is -2.10. The predicted octanol–water partition coefficient (Wildman–Crippen LogP) is 1.89. The van der Waals surface area contributed by atoms with Gasteiger partial charge in [-0.3, -0.25) is 4.79 Å². The van der Waals surface area contributed by atoms with Crippen molar-refractivity contribution in [1.82, 2.24) is 0 Å². The van der Waals surface area contributed by atoms with Crippen molar-refractivity contribution in [1.29, 1.82) is 0 Å². The van der Waals surface area contributed by atoms with Crippen LogP contribution in [0.1, 0.15) is 24.2 Å². The van der Waals surface area contributed by atoms with Crippen LogP contribution in [0.3, 0.4) is 0 Å². The zero-order valence-electron chi connectivity index (χ0n) is 12.8. The summed E-state index contributed by atoms with van der Waals surface area (Å²) >= 11 is 0. The number of rotatable bonds is 6. The average Bonchev–Trinajstić information content (AvgIpc) is 2.86. The van der Waals surface area contributed by atoms with E-state index in [2.05, 4.69) is 0 Å². The molecule has 0 bridgehead atoms. The maximum absolute atomic E-state index is 12.1. The molecule has 126 valence electrons. The van der Waals surface area contributed by atoms with Gasteiger partial charge < -0.3 is 9.47 Å². The van der Waals surface area contributed by atoms with Gasteiger partial charge in [-0.05, 0) is 19.1 Å². The van der Waals surface area contributed by atoms with Crippen LogP contribution in [0, 0.1) is 0 Å². The van der Waals surface area contributed by atoms with Crippen LogP contribution < -0.4 is 4.74 Å². The van der Waals surface area contributed by atoms with E-state index in [1.165, 1.54) is 19.1 Å². The molecule has 8 nitrogen and oxygen atoms in total. The van der Waals surface area contributed by atoms with Crippen molar-refractivity contribution in [3.63, 3.8) is 0 Å². The molecule has 1 N–H and O–H groups in total. The number of para-hydroxylation sites is 1. The molecular formula is C14H18O8P+. The fourth-order valence-corrected chi connectivity index (χ4v) is 3.24. The molecule has 2 atom stereocenters. The maximum Gasteiger partial charge on any atom is 0.573 e. The fraction of sp³-hybridized carbons (Fsp3) is 0.429. The number of benzene rings is 1. The van der Waals surface area contributed by atoms with Gasteiger partial charge in [-0.15, -0.1) is 4.52 Å². The van der Waals surface area contributed by atoms with Crippen LogP contribution in [0.5, 0.6) is 5.75 Å². The van der Waals surface area contributed by atoms with E-state index in [0.717, 1.165) is 0 Å². The van der Waals surface area contributed by atoms with Crippen molar-refractivity contribution in [3.8, 4) is 5.75 Å². The number of hydrogen-bond donors (Lipinski definition) is 1. The Labute approximate surface area is 133 Å². The third kappa shape index (κ3) is 4.95. The molecule has 0 amide bonds. The second kappa shape index (κ2) is 7.81. The smallest absolute Gasteiger partial charge is 0.459 e. The summed E-state index contributed by atoms with van der Waals surface area (Å²) in [5.41, 5.74) is 0.122. The van der Waals surface area contributed by atoms with E-state index >= 15 is 0 Å². The fourth-order valence-electron chi connectivity index (χ4n) is 1.86. The van der Waals surface area contributed by atoms with Gasteiger partial charge in [-0.25, -0.2) is 4.79 Å². The number of ether oxygens (including phenoxy) is 2. The van der Waals surface area contributed by atoms with Crippen LogP contribution in [0.15, 0.2) is 24.3 Å². The Morgan fingerprint density at radius 1 is 1.39 bits per heavy atom. The van der Waals surface area contributed by atoms with Crippen molar-refractivity contribution in [2.75, 3.05) is 19.8 Å². The van der Waals surface area contributed by atoms with Crippen LogP contribution in [0.4, 0.5) is 0 Å². The summed E-state index contributed by atoms with van der Waals surface area (Å²) in [4.78, 5) is 33.0. The number of carbonyl (C=O) groups is 2. The standard InChI is InChI=1S/C14H18O8P/c1-3-19-23(17)20-9-11(22-23)8-18-14(16)12-6-4-5-7-13(12)21-10(2)15/h4-7,11,17H,3,8-9H2,1-2H3/q+1. The lowest BCUT2D eigenvalue weighted by atomic mass is 10.2. The number of esters is 2. The summed E-state index contributed by atoms with van der Waals surface area (Å²) < 4.78 is 25.4. The zero-order valence-corrected chi connectivity index (χ0v) is 13.7. The second-order valence-corrected chi connectivity index (χ2v) is 6.26. The lowest BCUT2D eigenvalue weighted by molar-refractivity contribution is -0.131. The molecule has 1 heterocycles. The highest BCUT2D eigenvalue weighted by Gasteiger charge is 2.54.